The molecule has 0 unspecified atom stereocenters. The molecule has 5 heteroatoms. The third kappa shape index (κ3) is 5.84. The van der Waals surface area contributed by atoms with Crippen LogP contribution < -0.4 is 10.1 Å². The van der Waals surface area contributed by atoms with Gasteiger partial charge in [0.1, 0.15) is 5.75 Å². The molecule has 0 aliphatic carbocycles. The van der Waals surface area contributed by atoms with Crippen LogP contribution in [0, 0.1) is 0 Å². The molecule has 0 bridgehead atoms. The zero-order valence-electron chi connectivity index (χ0n) is 12.5. The van der Waals surface area contributed by atoms with Gasteiger partial charge in [-0.1, -0.05) is 20.8 Å². The third-order valence-corrected chi connectivity index (χ3v) is 3.72. The van der Waals surface area contributed by atoms with Crippen molar-refractivity contribution in [2.24, 2.45) is 0 Å². The number of hydrogen-bond acceptors (Lipinski definition) is 4. The van der Waals surface area contributed by atoms with Crippen LogP contribution in [-0.2, 0) is 11.4 Å². The Morgan fingerprint density at radius 1 is 1.40 bits per heavy atom. The van der Waals surface area contributed by atoms with Gasteiger partial charge in [0.15, 0.2) is 0 Å². The van der Waals surface area contributed by atoms with Crippen molar-refractivity contribution < 1.29 is 14.6 Å². The Morgan fingerprint density at radius 3 is 2.65 bits per heavy atom. The zero-order valence-corrected chi connectivity index (χ0v) is 13.3. The molecule has 0 aliphatic rings. The average Bonchev–Trinajstić information content (AvgIpc) is 2.37. The molecule has 0 aliphatic heterocycles. The van der Waals surface area contributed by atoms with Crippen molar-refractivity contribution in [3.05, 3.63) is 23.8 Å². The van der Waals surface area contributed by atoms with Crippen molar-refractivity contribution in [3.63, 3.8) is 0 Å². The van der Waals surface area contributed by atoms with Crippen LogP contribution in [0.25, 0.3) is 0 Å². The summed E-state index contributed by atoms with van der Waals surface area (Å²) in [6.45, 7) is 8.54. The molecule has 0 fully saturated rings. The van der Waals surface area contributed by atoms with Crippen molar-refractivity contribution in [3.8, 4) is 5.75 Å². The first-order valence-electron chi connectivity index (χ1n) is 6.66. The van der Waals surface area contributed by atoms with Gasteiger partial charge in [-0.3, -0.25) is 4.79 Å². The number of carbonyl (C=O) groups excluding carboxylic acids is 1. The highest BCUT2D eigenvalue weighted by Gasteiger charge is 2.14. The van der Waals surface area contributed by atoms with Crippen molar-refractivity contribution in [1.29, 1.82) is 0 Å². The van der Waals surface area contributed by atoms with E-state index in [-0.39, 0.29) is 17.3 Å². The SMILES string of the molecule is CCOc1ccc(NC(=O)CSC(C)(C)C)cc1CO. The summed E-state index contributed by atoms with van der Waals surface area (Å²) < 4.78 is 5.47. The Kier molecular flexibility index (Phi) is 6.36. The average molecular weight is 297 g/mol. The summed E-state index contributed by atoms with van der Waals surface area (Å²) in [5.41, 5.74) is 1.35. The minimum Gasteiger partial charge on any atom is -0.494 e. The maximum atomic E-state index is 11.8. The van der Waals surface area contributed by atoms with E-state index in [4.69, 9.17) is 4.74 Å². The first kappa shape index (κ1) is 16.9. The number of anilines is 1. The Hall–Kier alpha value is -1.20. The highest BCUT2D eigenvalue weighted by Crippen LogP contribution is 2.25. The highest BCUT2D eigenvalue weighted by atomic mass is 32.2. The largest absolute Gasteiger partial charge is 0.494 e. The third-order valence-electron chi connectivity index (χ3n) is 2.45. The number of hydrogen-bond donors (Lipinski definition) is 2. The molecule has 1 aromatic rings. The molecule has 0 saturated carbocycles. The van der Waals surface area contributed by atoms with Gasteiger partial charge in [0.25, 0.3) is 0 Å². The van der Waals surface area contributed by atoms with Gasteiger partial charge in [0, 0.05) is 16.0 Å². The predicted molar refractivity (Wildman–Crippen MR) is 84.4 cm³/mol. The molecule has 4 nitrogen and oxygen atoms in total. The van der Waals surface area contributed by atoms with Crippen LogP contribution in [0.3, 0.4) is 0 Å². The number of thioether (sulfide) groups is 1. The number of carbonyl (C=O) groups is 1. The molecular formula is C15H23NO3S. The molecule has 112 valence electrons. The fourth-order valence-electron chi connectivity index (χ4n) is 1.56. The molecule has 1 aromatic carbocycles. The van der Waals surface area contributed by atoms with E-state index in [2.05, 4.69) is 26.1 Å². The lowest BCUT2D eigenvalue weighted by atomic mass is 10.2. The normalized spacial score (nSPS) is 11.2. The number of aliphatic hydroxyl groups is 1. The van der Waals surface area contributed by atoms with Crippen LogP contribution in [0.1, 0.15) is 33.3 Å². The van der Waals surface area contributed by atoms with E-state index in [0.717, 1.165) is 0 Å². The number of ether oxygens (including phenoxy) is 1. The van der Waals surface area contributed by atoms with Crippen LogP contribution >= 0.6 is 11.8 Å². The minimum atomic E-state index is -0.115. The van der Waals surface area contributed by atoms with Crippen molar-refractivity contribution in [2.45, 2.75) is 39.0 Å². The fourth-order valence-corrected chi connectivity index (χ4v) is 2.19. The Bertz CT molecular complexity index is 455. The van der Waals surface area contributed by atoms with Gasteiger partial charge in [-0.15, -0.1) is 11.8 Å². The molecule has 20 heavy (non-hydrogen) atoms. The fraction of sp³-hybridized carbons (Fsp3) is 0.533. The standard InChI is InChI=1S/C15H23NO3S/c1-5-19-13-7-6-12(8-11(13)9-17)16-14(18)10-20-15(2,3)4/h6-8,17H,5,9-10H2,1-4H3,(H,16,18). The van der Waals surface area contributed by atoms with Gasteiger partial charge >= 0.3 is 0 Å². The van der Waals surface area contributed by atoms with Crippen LogP contribution in [0.4, 0.5) is 5.69 Å². The summed E-state index contributed by atoms with van der Waals surface area (Å²) in [5, 5.41) is 12.1. The number of rotatable bonds is 6. The van der Waals surface area contributed by atoms with Gasteiger partial charge in [0.05, 0.1) is 19.0 Å². The van der Waals surface area contributed by atoms with E-state index in [1.165, 1.54) is 0 Å². The molecule has 0 radical (unpaired) electrons. The second-order valence-electron chi connectivity index (χ2n) is 5.36. The van der Waals surface area contributed by atoms with Gasteiger partial charge in [-0.25, -0.2) is 0 Å². The Labute approximate surface area is 124 Å². The summed E-state index contributed by atoms with van der Waals surface area (Å²) in [6.07, 6.45) is 0. The maximum absolute atomic E-state index is 11.8. The van der Waals surface area contributed by atoms with Crippen LogP contribution in [-0.4, -0.2) is 28.1 Å². The number of amides is 1. The van der Waals surface area contributed by atoms with Gasteiger partial charge < -0.3 is 15.2 Å². The monoisotopic (exact) mass is 297 g/mol. The van der Waals surface area contributed by atoms with Crippen LogP contribution in [0.2, 0.25) is 0 Å². The molecule has 0 saturated heterocycles. The van der Waals surface area contributed by atoms with Crippen LogP contribution in [0.15, 0.2) is 18.2 Å². The summed E-state index contributed by atoms with van der Waals surface area (Å²) in [4.78, 5) is 11.8. The Morgan fingerprint density at radius 2 is 2.10 bits per heavy atom. The minimum absolute atomic E-state index is 0.0435. The lowest BCUT2D eigenvalue weighted by Gasteiger charge is -2.17. The molecule has 2 N–H and O–H groups in total. The molecule has 1 amide bonds. The molecular weight excluding hydrogens is 274 g/mol. The van der Waals surface area contributed by atoms with E-state index in [1.54, 1.807) is 30.0 Å². The first-order valence-corrected chi connectivity index (χ1v) is 7.64. The summed E-state index contributed by atoms with van der Waals surface area (Å²) in [6, 6.07) is 5.29. The topological polar surface area (TPSA) is 58.6 Å². The van der Waals surface area contributed by atoms with Crippen molar-refractivity contribution in [1.82, 2.24) is 0 Å². The first-order chi connectivity index (χ1) is 9.35. The summed E-state index contributed by atoms with van der Waals surface area (Å²) in [5.74, 6) is 1.01. The highest BCUT2D eigenvalue weighted by molar-refractivity contribution is 8.01. The molecule has 0 heterocycles. The smallest absolute Gasteiger partial charge is 0.234 e. The van der Waals surface area contributed by atoms with E-state index in [9.17, 15) is 9.90 Å². The Balaban J connectivity index is 2.66. The zero-order chi connectivity index (χ0) is 15.2. The second kappa shape index (κ2) is 7.55. The van der Waals surface area contributed by atoms with E-state index < -0.39 is 0 Å². The van der Waals surface area contributed by atoms with E-state index in [1.807, 2.05) is 6.92 Å². The summed E-state index contributed by atoms with van der Waals surface area (Å²) in [7, 11) is 0. The molecule has 0 spiro atoms. The van der Waals surface area contributed by atoms with Gasteiger partial charge in [0.2, 0.25) is 5.91 Å². The van der Waals surface area contributed by atoms with Crippen LogP contribution in [0.5, 0.6) is 5.75 Å². The second-order valence-corrected chi connectivity index (χ2v) is 7.16. The summed E-state index contributed by atoms with van der Waals surface area (Å²) >= 11 is 1.60. The molecule has 1 rings (SSSR count). The van der Waals surface area contributed by atoms with Crippen molar-refractivity contribution in [2.75, 3.05) is 17.7 Å². The number of aliphatic hydroxyl groups excluding tert-OH is 1. The predicted octanol–water partition coefficient (Wildman–Crippen LogP) is 3.05. The van der Waals surface area contributed by atoms with Crippen molar-refractivity contribution >= 4 is 23.4 Å². The number of nitrogens with one attached hydrogen (secondary N) is 1. The molecule has 0 aromatic heterocycles. The quantitative estimate of drug-likeness (QED) is 0.847. The van der Waals surface area contributed by atoms with E-state index >= 15 is 0 Å². The van der Waals surface area contributed by atoms with Gasteiger partial charge in [-0.2, -0.15) is 0 Å². The lowest BCUT2D eigenvalue weighted by Crippen LogP contribution is -2.19. The maximum Gasteiger partial charge on any atom is 0.234 e. The molecule has 0 atom stereocenters. The number of benzene rings is 1. The lowest BCUT2D eigenvalue weighted by molar-refractivity contribution is -0.113. The van der Waals surface area contributed by atoms with Gasteiger partial charge in [-0.05, 0) is 25.1 Å². The van der Waals surface area contributed by atoms with E-state index in [0.29, 0.717) is 29.4 Å².